The second-order valence-electron chi connectivity index (χ2n) is 5.58. The zero-order valence-electron chi connectivity index (χ0n) is 13.1. The van der Waals surface area contributed by atoms with Crippen LogP contribution in [-0.4, -0.2) is 19.8 Å². The highest BCUT2D eigenvalue weighted by Crippen LogP contribution is 2.38. The first kappa shape index (κ1) is 17.2. The van der Waals surface area contributed by atoms with Crippen LogP contribution in [0.4, 0.5) is 8.78 Å². The molecule has 0 saturated carbocycles. The number of hydrogen-bond acceptors (Lipinski definition) is 3. The van der Waals surface area contributed by atoms with Crippen molar-refractivity contribution in [1.82, 2.24) is 5.32 Å². The Balaban J connectivity index is 1.59. The van der Waals surface area contributed by atoms with Gasteiger partial charge in [0.15, 0.2) is 11.5 Å². The molecule has 24 heavy (non-hydrogen) atoms. The van der Waals surface area contributed by atoms with Crippen LogP contribution in [0.2, 0.25) is 0 Å². The zero-order chi connectivity index (χ0) is 16.9. The van der Waals surface area contributed by atoms with Gasteiger partial charge in [-0.15, -0.1) is 0 Å². The van der Waals surface area contributed by atoms with E-state index >= 15 is 0 Å². The van der Waals surface area contributed by atoms with Gasteiger partial charge in [0, 0.05) is 18.5 Å². The Hall–Kier alpha value is -1.66. The van der Waals surface area contributed by atoms with E-state index in [0.717, 1.165) is 28.0 Å². The molecule has 0 spiro atoms. The molecule has 0 unspecified atom stereocenters. The van der Waals surface area contributed by atoms with E-state index in [1.165, 1.54) is 18.2 Å². The normalized spacial score (nSPS) is 13.6. The van der Waals surface area contributed by atoms with Crippen LogP contribution in [0.5, 0.6) is 11.5 Å². The summed E-state index contributed by atoms with van der Waals surface area (Å²) in [6.07, 6.45) is 1.15. The van der Waals surface area contributed by atoms with Gasteiger partial charge in [-0.05, 0) is 58.7 Å². The van der Waals surface area contributed by atoms with Crippen LogP contribution in [0.15, 0.2) is 34.8 Å². The molecule has 0 aliphatic carbocycles. The predicted molar refractivity (Wildman–Crippen MR) is 91.5 cm³/mol. The summed E-state index contributed by atoms with van der Waals surface area (Å²) < 4.78 is 39.4. The molecule has 0 radical (unpaired) electrons. The molecule has 3 rings (SSSR count). The fourth-order valence-corrected chi connectivity index (χ4v) is 3.21. The Morgan fingerprint density at radius 2 is 1.83 bits per heavy atom. The van der Waals surface area contributed by atoms with Gasteiger partial charge in [-0.2, -0.15) is 0 Å². The molecule has 1 aliphatic rings. The molecular formula is C18H18BrF2NO2. The smallest absolute Gasteiger partial charge is 0.175 e. The quantitative estimate of drug-likeness (QED) is 0.766. The summed E-state index contributed by atoms with van der Waals surface area (Å²) >= 11 is 3.50. The van der Waals surface area contributed by atoms with E-state index < -0.39 is 11.6 Å². The Morgan fingerprint density at radius 1 is 1.08 bits per heavy atom. The van der Waals surface area contributed by atoms with Crippen LogP contribution in [0.1, 0.15) is 17.5 Å². The zero-order valence-corrected chi connectivity index (χ0v) is 14.7. The minimum absolute atomic E-state index is 0.116. The van der Waals surface area contributed by atoms with Crippen molar-refractivity contribution >= 4 is 15.9 Å². The van der Waals surface area contributed by atoms with Crippen molar-refractivity contribution in [3.8, 4) is 11.5 Å². The van der Waals surface area contributed by atoms with Crippen molar-refractivity contribution in [2.24, 2.45) is 0 Å². The first-order valence-corrected chi connectivity index (χ1v) is 8.66. The SMILES string of the molecule is Fc1cccc(F)c1CCNCc1cc(Br)c2c(c1)OCCCO2. The molecule has 0 amide bonds. The molecule has 0 bridgehead atoms. The molecule has 2 aromatic carbocycles. The first-order valence-electron chi connectivity index (χ1n) is 7.87. The van der Waals surface area contributed by atoms with Gasteiger partial charge in [0.05, 0.1) is 17.7 Å². The summed E-state index contributed by atoms with van der Waals surface area (Å²) in [5.74, 6) is 0.439. The number of hydrogen-bond donors (Lipinski definition) is 1. The maximum atomic E-state index is 13.6. The molecule has 6 heteroatoms. The third-order valence-corrected chi connectivity index (χ3v) is 4.39. The minimum Gasteiger partial charge on any atom is -0.490 e. The third kappa shape index (κ3) is 4.05. The Kier molecular flexibility index (Phi) is 5.68. The molecule has 0 saturated heterocycles. The van der Waals surface area contributed by atoms with Gasteiger partial charge >= 0.3 is 0 Å². The average molecular weight is 398 g/mol. The molecule has 0 aromatic heterocycles. The summed E-state index contributed by atoms with van der Waals surface area (Å²) in [5, 5.41) is 3.20. The van der Waals surface area contributed by atoms with Crippen LogP contribution < -0.4 is 14.8 Å². The number of ether oxygens (including phenoxy) is 2. The monoisotopic (exact) mass is 397 g/mol. The number of nitrogens with one attached hydrogen (secondary N) is 1. The highest BCUT2D eigenvalue weighted by molar-refractivity contribution is 9.10. The predicted octanol–water partition coefficient (Wildman–Crippen LogP) is 4.22. The fourth-order valence-electron chi connectivity index (χ4n) is 2.60. The van der Waals surface area contributed by atoms with Crippen LogP contribution in [0.3, 0.4) is 0 Å². The van der Waals surface area contributed by atoms with Crippen molar-refractivity contribution < 1.29 is 18.3 Å². The van der Waals surface area contributed by atoms with Crippen molar-refractivity contribution in [2.75, 3.05) is 19.8 Å². The maximum Gasteiger partial charge on any atom is 0.175 e. The number of rotatable bonds is 5. The third-order valence-electron chi connectivity index (χ3n) is 3.80. The summed E-state index contributed by atoms with van der Waals surface area (Å²) in [5.41, 5.74) is 1.13. The van der Waals surface area contributed by atoms with E-state index in [2.05, 4.69) is 21.2 Å². The van der Waals surface area contributed by atoms with Gasteiger partial charge < -0.3 is 14.8 Å². The summed E-state index contributed by atoms with van der Waals surface area (Å²) in [6.45, 7) is 2.31. The fraction of sp³-hybridized carbons (Fsp3) is 0.333. The topological polar surface area (TPSA) is 30.5 Å². The highest BCUT2D eigenvalue weighted by atomic mass is 79.9. The van der Waals surface area contributed by atoms with Gasteiger partial charge in [0.2, 0.25) is 0 Å². The van der Waals surface area contributed by atoms with E-state index in [1.807, 2.05) is 12.1 Å². The number of fused-ring (bicyclic) bond motifs is 1. The molecule has 3 nitrogen and oxygen atoms in total. The van der Waals surface area contributed by atoms with Gasteiger partial charge in [-0.1, -0.05) is 6.07 Å². The largest absolute Gasteiger partial charge is 0.490 e. The van der Waals surface area contributed by atoms with Gasteiger partial charge in [0.25, 0.3) is 0 Å². The van der Waals surface area contributed by atoms with Crippen LogP contribution >= 0.6 is 15.9 Å². The van der Waals surface area contributed by atoms with Gasteiger partial charge in [0.1, 0.15) is 11.6 Å². The lowest BCUT2D eigenvalue weighted by Crippen LogP contribution is -2.18. The van der Waals surface area contributed by atoms with Gasteiger partial charge in [-0.3, -0.25) is 0 Å². The van der Waals surface area contributed by atoms with Crippen molar-refractivity contribution in [1.29, 1.82) is 0 Å². The first-order chi connectivity index (χ1) is 11.6. The molecule has 0 atom stereocenters. The van der Waals surface area contributed by atoms with E-state index in [0.29, 0.717) is 32.7 Å². The number of benzene rings is 2. The Bertz CT molecular complexity index is 704. The van der Waals surface area contributed by atoms with Crippen LogP contribution in [-0.2, 0) is 13.0 Å². The summed E-state index contributed by atoms with van der Waals surface area (Å²) in [7, 11) is 0. The Labute approximate surface area is 148 Å². The van der Waals surface area contributed by atoms with Crippen molar-refractivity contribution in [3.05, 3.63) is 57.6 Å². The molecule has 128 valence electrons. The van der Waals surface area contributed by atoms with Crippen LogP contribution in [0.25, 0.3) is 0 Å². The maximum absolute atomic E-state index is 13.6. The lowest BCUT2D eigenvalue weighted by Gasteiger charge is -2.12. The second-order valence-corrected chi connectivity index (χ2v) is 6.44. The summed E-state index contributed by atoms with van der Waals surface area (Å²) in [4.78, 5) is 0. The Morgan fingerprint density at radius 3 is 2.62 bits per heavy atom. The standard InChI is InChI=1S/C18H18BrF2NO2/c19-14-9-12(10-17-18(14)24-8-2-7-23-17)11-22-6-5-13-15(20)3-1-4-16(13)21/h1,3-4,9-10,22H,2,5-8,11H2. The number of halogens is 3. The van der Waals surface area contributed by atoms with Gasteiger partial charge in [-0.25, -0.2) is 8.78 Å². The average Bonchev–Trinajstić information content (AvgIpc) is 2.79. The summed E-state index contributed by atoms with van der Waals surface area (Å²) in [6, 6.07) is 7.82. The molecule has 1 heterocycles. The van der Waals surface area contributed by atoms with E-state index in [1.54, 1.807) is 0 Å². The molecule has 0 fully saturated rings. The second kappa shape index (κ2) is 7.94. The van der Waals surface area contributed by atoms with Crippen LogP contribution in [0, 0.1) is 11.6 Å². The van der Waals surface area contributed by atoms with E-state index in [-0.39, 0.29) is 5.56 Å². The van der Waals surface area contributed by atoms with Crippen molar-refractivity contribution in [2.45, 2.75) is 19.4 Å². The molecular weight excluding hydrogens is 380 g/mol. The lowest BCUT2D eigenvalue weighted by atomic mass is 10.1. The van der Waals surface area contributed by atoms with Crippen molar-refractivity contribution in [3.63, 3.8) is 0 Å². The molecule has 1 N–H and O–H groups in total. The van der Waals surface area contributed by atoms with E-state index in [4.69, 9.17) is 9.47 Å². The lowest BCUT2D eigenvalue weighted by molar-refractivity contribution is 0.296. The molecule has 1 aliphatic heterocycles. The minimum atomic E-state index is -0.505. The highest BCUT2D eigenvalue weighted by Gasteiger charge is 2.15. The van der Waals surface area contributed by atoms with E-state index in [9.17, 15) is 8.78 Å². The molecule has 2 aromatic rings.